The highest BCUT2D eigenvalue weighted by Crippen LogP contribution is 2.34. The van der Waals surface area contributed by atoms with Gasteiger partial charge in [-0.2, -0.15) is 0 Å². The van der Waals surface area contributed by atoms with Gasteiger partial charge in [0.15, 0.2) is 24.8 Å². The molecule has 0 saturated carbocycles. The Morgan fingerprint density at radius 3 is 2.63 bits per heavy atom. The molecule has 2 amide bonds. The standard InChI is InChI=1S/C26H25FN2O6/c1-16(2)12-28-26(32)24-10-8-20(35-24)13-29-21-11-17(3-9-23(21)34-15-25(29)31)22(30)14-33-19-6-4-18(27)5-7-19/h3-11,16H,12-15H2,1-2H3,(H,28,32). The van der Waals surface area contributed by atoms with E-state index in [9.17, 15) is 18.8 Å². The molecule has 0 saturated heterocycles. The molecule has 0 unspecified atom stereocenters. The highest BCUT2D eigenvalue weighted by molar-refractivity contribution is 6.02. The molecular weight excluding hydrogens is 455 g/mol. The van der Waals surface area contributed by atoms with E-state index in [4.69, 9.17) is 13.9 Å². The average Bonchev–Trinajstić information content (AvgIpc) is 3.32. The highest BCUT2D eigenvalue weighted by Gasteiger charge is 2.28. The fourth-order valence-electron chi connectivity index (χ4n) is 3.44. The van der Waals surface area contributed by atoms with Crippen molar-refractivity contribution in [2.24, 2.45) is 5.92 Å². The Labute approximate surface area is 201 Å². The molecule has 0 radical (unpaired) electrons. The molecule has 1 aliphatic heterocycles. The fourth-order valence-corrected chi connectivity index (χ4v) is 3.44. The maximum atomic E-state index is 13.0. The number of fused-ring (bicyclic) bond motifs is 1. The average molecular weight is 480 g/mol. The number of hydrogen-bond acceptors (Lipinski definition) is 6. The first-order chi connectivity index (χ1) is 16.8. The summed E-state index contributed by atoms with van der Waals surface area (Å²) in [5.74, 6) is 0.320. The third-order valence-electron chi connectivity index (χ3n) is 5.28. The summed E-state index contributed by atoms with van der Waals surface area (Å²) in [6.45, 7) is 4.15. The van der Waals surface area contributed by atoms with Crippen LogP contribution < -0.4 is 19.7 Å². The molecule has 0 bridgehead atoms. The molecule has 0 fully saturated rings. The second kappa shape index (κ2) is 10.4. The first kappa shape index (κ1) is 24.0. The number of carbonyl (C=O) groups excluding carboxylic acids is 3. The van der Waals surface area contributed by atoms with Gasteiger partial charge >= 0.3 is 0 Å². The maximum absolute atomic E-state index is 13.0. The van der Waals surface area contributed by atoms with Crippen LogP contribution in [-0.2, 0) is 11.3 Å². The lowest BCUT2D eigenvalue weighted by Crippen LogP contribution is -2.38. The summed E-state index contributed by atoms with van der Waals surface area (Å²) in [5, 5.41) is 2.79. The third kappa shape index (κ3) is 5.87. The molecular formula is C26H25FN2O6. The predicted octanol–water partition coefficient (Wildman–Crippen LogP) is 3.99. The minimum atomic E-state index is -0.400. The monoisotopic (exact) mass is 480 g/mol. The van der Waals surface area contributed by atoms with E-state index in [-0.39, 0.29) is 43.1 Å². The van der Waals surface area contributed by atoms with Crippen LogP contribution in [0.2, 0.25) is 0 Å². The number of rotatable bonds is 9. The molecule has 0 atom stereocenters. The Bertz CT molecular complexity index is 1230. The lowest BCUT2D eigenvalue weighted by molar-refractivity contribution is -0.121. The van der Waals surface area contributed by atoms with Crippen LogP contribution in [0.25, 0.3) is 0 Å². The van der Waals surface area contributed by atoms with Crippen LogP contribution in [0, 0.1) is 11.7 Å². The van der Waals surface area contributed by atoms with Crippen LogP contribution in [-0.4, -0.2) is 37.4 Å². The minimum absolute atomic E-state index is 0.0659. The van der Waals surface area contributed by atoms with E-state index >= 15 is 0 Å². The first-order valence-corrected chi connectivity index (χ1v) is 11.2. The molecule has 0 aliphatic carbocycles. The SMILES string of the molecule is CC(C)CNC(=O)c1ccc(CN2C(=O)COc3ccc(C(=O)COc4ccc(F)cc4)cc32)o1. The molecule has 2 aromatic carbocycles. The maximum Gasteiger partial charge on any atom is 0.287 e. The molecule has 4 rings (SSSR count). The van der Waals surface area contributed by atoms with Crippen molar-refractivity contribution >= 4 is 23.3 Å². The molecule has 1 aliphatic rings. The van der Waals surface area contributed by atoms with Gasteiger partial charge in [-0.15, -0.1) is 0 Å². The van der Waals surface area contributed by atoms with Crippen molar-refractivity contribution in [3.05, 3.63) is 77.5 Å². The Kier molecular flexibility index (Phi) is 7.14. The van der Waals surface area contributed by atoms with Crippen molar-refractivity contribution in [1.29, 1.82) is 0 Å². The number of nitrogens with zero attached hydrogens (tertiary/aromatic N) is 1. The van der Waals surface area contributed by atoms with Crippen molar-refractivity contribution in [2.75, 3.05) is 24.7 Å². The summed E-state index contributed by atoms with van der Waals surface area (Å²) < 4.78 is 29.7. The number of benzene rings is 2. The van der Waals surface area contributed by atoms with E-state index in [2.05, 4.69) is 5.32 Å². The van der Waals surface area contributed by atoms with Gasteiger partial charge in [0.25, 0.3) is 11.8 Å². The van der Waals surface area contributed by atoms with Gasteiger partial charge < -0.3 is 19.2 Å². The van der Waals surface area contributed by atoms with E-state index in [0.29, 0.717) is 41.0 Å². The first-order valence-electron chi connectivity index (χ1n) is 11.2. The number of ether oxygens (including phenoxy) is 2. The van der Waals surface area contributed by atoms with Crippen molar-refractivity contribution in [3.8, 4) is 11.5 Å². The molecule has 35 heavy (non-hydrogen) atoms. The predicted molar refractivity (Wildman–Crippen MR) is 125 cm³/mol. The lowest BCUT2D eigenvalue weighted by Gasteiger charge is -2.29. The van der Waals surface area contributed by atoms with E-state index in [1.54, 1.807) is 30.3 Å². The quantitative estimate of drug-likeness (QED) is 0.465. The number of halogens is 1. The van der Waals surface area contributed by atoms with Crippen LogP contribution in [0.4, 0.5) is 10.1 Å². The largest absolute Gasteiger partial charge is 0.485 e. The summed E-state index contributed by atoms with van der Waals surface area (Å²) in [5.41, 5.74) is 0.735. The Morgan fingerprint density at radius 2 is 1.89 bits per heavy atom. The zero-order chi connectivity index (χ0) is 24.9. The number of carbonyl (C=O) groups is 3. The minimum Gasteiger partial charge on any atom is -0.485 e. The lowest BCUT2D eigenvalue weighted by atomic mass is 10.1. The van der Waals surface area contributed by atoms with Crippen LogP contribution in [0.5, 0.6) is 11.5 Å². The number of Topliss-reactive ketones (excluding diaryl/α,β-unsaturated/α-hetero) is 1. The number of ketones is 1. The summed E-state index contributed by atoms with van der Waals surface area (Å²) >= 11 is 0. The Morgan fingerprint density at radius 1 is 1.11 bits per heavy atom. The Hall–Kier alpha value is -4.14. The summed E-state index contributed by atoms with van der Waals surface area (Å²) in [6.07, 6.45) is 0. The smallest absolute Gasteiger partial charge is 0.287 e. The van der Waals surface area contributed by atoms with Crippen LogP contribution in [0.1, 0.15) is 40.5 Å². The Balaban J connectivity index is 1.47. The molecule has 1 N–H and O–H groups in total. The van der Waals surface area contributed by atoms with Crippen LogP contribution in [0.15, 0.2) is 59.0 Å². The molecule has 9 heteroatoms. The van der Waals surface area contributed by atoms with Crippen molar-refractivity contribution in [2.45, 2.75) is 20.4 Å². The second-order valence-electron chi connectivity index (χ2n) is 8.49. The normalized spacial score (nSPS) is 12.8. The van der Waals surface area contributed by atoms with Crippen molar-refractivity contribution in [3.63, 3.8) is 0 Å². The summed E-state index contributed by atoms with van der Waals surface area (Å²) in [7, 11) is 0. The fraction of sp³-hybridized carbons (Fsp3) is 0.269. The number of anilines is 1. The van der Waals surface area contributed by atoms with Gasteiger partial charge in [-0.3, -0.25) is 19.3 Å². The van der Waals surface area contributed by atoms with Gasteiger partial charge in [-0.25, -0.2) is 4.39 Å². The molecule has 1 aromatic heterocycles. The molecule has 182 valence electrons. The third-order valence-corrected chi connectivity index (χ3v) is 5.28. The van der Waals surface area contributed by atoms with Gasteiger partial charge in [0, 0.05) is 12.1 Å². The van der Waals surface area contributed by atoms with Crippen LogP contribution >= 0.6 is 0 Å². The highest BCUT2D eigenvalue weighted by atomic mass is 19.1. The van der Waals surface area contributed by atoms with Crippen molar-refractivity contribution < 1.29 is 32.7 Å². The molecule has 3 aromatic rings. The summed E-state index contributed by atoms with van der Waals surface area (Å²) in [6, 6.07) is 13.3. The number of furan rings is 1. The second-order valence-corrected chi connectivity index (χ2v) is 8.49. The number of nitrogens with one attached hydrogen (secondary N) is 1. The van der Waals surface area contributed by atoms with Gasteiger partial charge in [0.2, 0.25) is 0 Å². The van der Waals surface area contributed by atoms with Gasteiger partial charge in [0.1, 0.15) is 23.1 Å². The van der Waals surface area contributed by atoms with E-state index < -0.39 is 5.82 Å². The van der Waals surface area contributed by atoms with Gasteiger partial charge in [-0.05, 0) is 60.5 Å². The van der Waals surface area contributed by atoms with E-state index in [1.165, 1.54) is 29.2 Å². The number of amides is 2. The summed E-state index contributed by atoms with van der Waals surface area (Å²) in [4.78, 5) is 39.0. The number of hydrogen-bond donors (Lipinski definition) is 1. The van der Waals surface area contributed by atoms with Crippen LogP contribution in [0.3, 0.4) is 0 Å². The van der Waals surface area contributed by atoms with E-state index in [1.807, 2.05) is 13.8 Å². The molecule has 2 heterocycles. The molecule has 0 spiro atoms. The van der Waals surface area contributed by atoms with Crippen molar-refractivity contribution in [1.82, 2.24) is 5.32 Å². The molecule has 8 nitrogen and oxygen atoms in total. The van der Waals surface area contributed by atoms with Gasteiger partial charge in [-0.1, -0.05) is 13.8 Å². The van der Waals surface area contributed by atoms with E-state index in [0.717, 1.165) is 0 Å². The zero-order valence-electron chi connectivity index (χ0n) is 19.4. The topological polar surface area (TPSA) is 98.1 Å². The van der Waals surface area contributed by atoms with Gasteiger partial charge in [0.05, 0.1) is 12.2 Å². The zero-order valence-corrected chi connectivity index (χ0v) is 19.4.